The summed E-state index contributed by atoms with van der Waals surface area (Å²) in [6, 6.07) is 13.6. The molecule has 4 nitrogen and oxygen atoms in total. The zero-order chi connectivity index (χ0) is 16.0. The van der Waals surface area contributed by atoms with E-state index in [4.69, 9.17) is 0 Å². The third-order valence-corrected chi connectivity index (χ3v) is 4.39. The van der Waals surface area contributed by atoms with Gasteiger partial charge in [0.15, 0.2) is 0 Å². The summed E-state index contributed by atoms with van der Waals surface area (Å²) in [6.07, 6.45) is 1.24. The van der Waals surface area contributed by atoms with Crippen LogP contribution in [-0.4, -0.2) is 10.9 Å². The van der Waals surface area contributed by atoms with Gasteiger partial charge in [0.1, 0.15) is 0 Å². The first kappa shape index (κ1) is 13.8. The van der Waals surface area contributed by atoms with E-state index >= 15 is 0 Å². The number of rotatable bonds is 2. The van der Waals surface area contributed by atoms with E-state index in [0.717, 1.165) is 39.7 Å². The molecule has 3 aromatic rings. The van der Waals surface area contributed by atoms with Crippen LogP contribution in [0.5, 0.6) is 0 Å². The maximum Gasteiger partial charge on any atom is 0.256 e. The van der Waals surface area contributed by atoms with Crippen LogP contribution >= 0.6 is 0 Å². The lowest BCUT2D eigenvalue weighted by Gasteiger charge is -2.07. The lowest BCUT2D eigenvalue weighted by atomic mass is 10.0. The molecule has 1 amide bonds. The third kappa shape index (κ3) is 2.14. The number of carbonyl (C=O) groups excluding carboxylic acids is 1. The Morgan fingerprint density at radius 1 is 1.17 bits per heavy atom. The second-order valence-corrected chi connectivity index (χ2v) is 5.80. The lowest BCUT2D eigenvalue weighted by molar-refractivity contribution is -0.115. The number of hydrogen-bond donors (Lipinski definition) is 2. The second kappa shape index (κ2) is 5.09. The summed E-state index contributed by atoms with van der Waals surface area (Å²) in [5, 5.41) is 4.60. The standard InChI is InChI=1S/C19H16N2O2/c1-2-17(22)20-12-8-7-11-9-16-13-5-3-4-6-14(13)19(23)21-18(16)15(11)10-12/h3-8,10H,2,9H2,1H3,(H,20,22)(H,21,23). The van der Waals surface area contributed by atoms with Crippen LogP contribution in [0.15, 0.2) is 47.3 Å². The molecule has 0 radical (unpaired) electrons. The highest BCUT2D eigenvalue weighted by Gasteiger charge is 2.22. The molecule has 0 unspecified atom stereocenters. The van der Waals surface area contributed by atoms with Crippen LogP contribution < -0.4 is 10.9 Å². The molecule has 0 fully saturated rings. The number of nitrogens with one attached hydrogen (secondary N) is 2. The van der Waals surface area contributed by atoms with Gasteiger partial charge in [-0.3, -0.25) is 9.59 Å². The van der Waals surface area contributed by atoms with Crippen LogP contribution in [0.25, 0.3) is 22.0 Å². The molecule has 1 aromatic heterocycles. The Balaban J connectivity index is 1.90. The van der Waals surface area contributed by atoms with Crippen LogP contribution in [0.3, 0.4) is 0 Å². The minimum Gasteiger partial charge on any atom is -0.326 e. The Kier molecular flexibility index (Phi) is 3.05. The first-order valence-electron chi connectivity index (χ1n) is 7.74. The molecule has 0 saturated carbocycles. The fourth-order valence-corrected chi connectivity index (χ4v) is 3.23. The zero-order valence-electron chi connectivity index (χ0n) is 12.8. The van der Waals surface area contributed by atoms with Gasteiger partial charge in [0.25, 0.3) is 5.56 Å². The largest absolute Gasteiger partial charge is 0.326 e. The van der Waals surface area contributed by atoms with E-state index in [9.17, 15) is 9.59 Å². The average molecular weight is 304 g/mol. The van der Waals surface area contributed by atoms with Crippen molar-refractivity contribution in [3.8, 4) is 11.3 Å². The van der Waals surface area contributed by atoms with Crippen molar-refractivity contribution in [1.82, 2.24) is 4.98 Å². The van der Waals surface area contributed by atoms with Crippen LogP contribution in [-0.2, 0) is 11.2 Å². The van der Waals surface area contributed by atoms with Gasteiger partial charge < -0.3 is 10.3 Å². The molecule has 1 aliphatic rings. The molecule has 2 aromatic carbocycles. The van der Waals surface area contributed by atoms with Gasteiger partial charge in [0, 0.05) is 29.5 Å². The van der Waals surface area contributed by atoms with Gasteiger partial charge in [0.05, 0.1) is 5.69 Å². The summed E-state index contributed by atoms with van der Waals surface area (Å²) in [7, 11) is 0. The molecule has 0 spiro atoms. The van der Waals surface area contributed by atoms with E-state index in [0.29, 0.717) is 6.42 Å². The van der Waals surface area contributed by atoms with Gasteiger partial charge in [-0.1, -0.05) is 31.2 Å². The number of aromatic nitrogens is 1. The van der Waals surface area contributed by atoms with Gasteiger partial charge in [-0.15, -0.1) is 0 Å². The summed E-state index contributed by atoms with van der Waals surface area (Å²) in [5.41, 5.74) is 4.87. The summed E-state index contributed by atoms with van der Waals surface area (Å²) >= 11 is 0. The number of benzene rings is 2. The van der Waals surface area contributed by atoms with Crippen LogP contribution in [0, 0.1) is 0 Å². The van der Waals surface area contributed by atoms with Crippen molar-refractivity contribution in [2.24, 2.45) is 0 Å². The fraction of sp³-hybridized carbons (Fsp3) is 0.158. The minimum absolute atomic E-state index is 0.0184. The monoisotopic (exact) mass is 304 g/mol. The maximum atomic E-state index is 12.3. The number of fused-ring (bicyclic) bond motifs is 5. The van der Waals surface area contributed by atoms with E-state index in [2.05, 4.69) is 10.3 Å². The summed E-state index contributed by atoms with van der Waals surface area (Å²) in [5.74, 6) is -0.0184. The number of amides is 1. The van der Waals surface area contributed by atoms with Crippen molar-refractivity contribution >= 4 is 22.4 Å². The van der Waals surface area contributed by atoms with E-state index < -0.39 is 0 Å². The molecule has 23 heavy (non-hydrogen) atoms. The molecule has 0 saturated heterocycles. The number of pyridine rings is 1. The minimum atomic E-state index is -0.0739. The molecular weight excluding hydrogens is 288 g/mol. The number of aromatic amines is 1. The van der Waals surface area contributed by atoms with E-state index in [1.54, 1.807) is 0 Å². The molecule has 114 valence electrons. The van der Waals surface area contributed by atoms with Crippen molar-refractivity contribution in [3.05, 3.63) is 63.9 Å². The Morgan fingerprint density at radius 2 is 1.96 bits per heavy atom. The summed E-state index contributed by atoms with van der Waals surface area (Å²) in [4.78, 5) is 26.9. The highest BCUT2D eigenvalue weighted by atomic mass is 16.1. The molecule has 4 heteroatoms. The van der Waals surface area contributed by atoms with Gasteiger partial charge in [-0.2, -0.15) is 0 Å². The van der Waals surface area contributed by atoms with Crippen molar-refractivity contribution < 1.29 is 4.79 Å². The van der Waals surface area contributed by atoms with Crippen LogP contribution in [0.2, 0.25) is 0 Å². The highest BCUT2D eigenvalue weighted by molar-refractivity contribution is 5.95. The Morgan fingerprint density at radius 3 is 2.74 bits per heavy atom. The molecular formula is C19H16N2O2. The number of H-pyrrole nitrogens is 1. The first-order chi connectivity index (χ1) is 11.2. The van der Waals surface area contributed by atoms with Crippen molar-refractivity contribution in [2.75, 3.05) is 5.32 Å². The second-order valence-electron chi connectivity index (χ2n) is 5.80. The Hall–Kier alpha value is -2.88. The number of carbonyl (C=O) groups is 1. The normalized spacial score (nSPS) is 12.0. The van der Waals surface area contributed by atoms with Crippen molar-refractivity contribution in [1.29, 1.82) is 0 Å². The predicted octanol–water partition coefficient (Wildman–Crippen LogP) is 3.45. The van der Waals surface area contributed by atoms with Gasteiger partial charge in [-0.05, 0) is 34.7 Å². The van der Waals surface area contributed by atoms with Crippen LogP contribution in [0.4, 0.5) is 5.69 Å². The molecule has 4 rings (SSSR count). The van der Waals surface area contributed by atoms with Gasteiger partial charge in [0.2, 0.25) is 5.91 Å². The van der Waals surface area contributed by atoms with Crippen molar-refractivity contribution in [3.63, 3.8) is 0 Å². The Labute approximate surface area is 133 Å². The molecule has 0 atom stereocenters. The van der Waals surface area contributed by atoms with Gasteiger partial charge in [-0.25, -0.2) is 0 Å². The van der Waals surface area contributed by atoms with E-state index in [1.165, 1.54) is 5.56 Å². The first-order valence-corrected chi connectivity index (χ1v) is 7.74. The van der Waals surface area contributed by atoms with Gasteiger partial charge >= 0.3 is 0 Å². The smallest absolute Gasteiger partial charge is 0.256 e. The molecule has 0 aliphatic heterocycles. The topological polar surface area (TPSA) is 62.0 Å². The number of hydrogen-bond acceptors (Lipinski definition) is 2. The maximum absolute atomic E-state index is 12.3. The third-order valence-electron chi connectivity index (χ3n) is 4.39. The molecule has 1 heterocycles. The highest BCUT2D eigenvalue weighted by Crippen LogP contribution is 2.39. The van der Waals surface area contributed by atoms with Crippen LogP contribution in [0.1, 0.15) is 24.5 Å². The van der Waals surface area contributed by atoms with E-state index in [1.807, 2.05) is 49.4 Å². The summed E-state index contributed by atoms with van der Waals surface area (Å²) in [6.45, 7) is 1.82. The molecule has 0 bridgehead atoms. The fourth-order valence-electron chi connectivity index (χ4n) is 3.23. The Bertz CT molecular complexity index is 1000. The predicted molar refractivity (Wildman–Crippen MR) is 91.7 cm³/mol. The zero-order valence-corrected chi connectivity index (χ0v) is 12.8. The lowest BCUT2D eigenvalue weighted by Crippen LogP contribution is -2.10. The average Bonchev–Trinajstić information content (AvgIpc) is 2.93. The molecule has 2 N–H and O–H groups in total. The van der Waals surface area contributed by atoms with Crippen molar-refractivity contribution in [2.45, 2.75) is 19.8 Å². The quantitative estimate of drug-likeness (QED) is 0.596. The summed E-state index contributed by atoms with van der Waals surface area (Å²) < 4.78 is 0. The van der Waals surface area contributed by atoms with E-state index in [-0.39, 0.29) is 11.5 Å². The molecule has 1 aliphatic carbocycles. The SMILES string of the molecule is CCC(=O)Nc1ccc2c(c1)-c1[nH]c(=O)c3ccccc3c1C2. The number of anilines is 1.